The highest BCUT2D eigenvalue weighted by Gasteiger charge is 2.42. The molecule has 5 nitrogen and oxygen atoms in total. The Bertz CT molecular complexity index is 704. The lowest BCUT2D eigenvalue weighted by molar-refractivity contribution is -0.0996. The maximum Gasteiger partial charge on any atom is 0.407 e. The van der Waals surface area contributed by atoms with Crippen molar-refractivity contribution in [2.24, 2.45) is 11.8 Å². The summed E-state index contributed by atoms with van der Waals surface area (Å²) in [7, 11) is 0. The Morgan fingerprint density at radius 3 is 2.68 bits per heavy atom. The number of fused-ring (bicyclic) bond motifs is 2. The van der Waals surface area contributed by atoms with Gasteiger partial charge in [-0.05, 0) is 55.6 Å². The van der Waals surface area contributed by atoms with Crippen LogP contribution in [0.5, 0.6) is 0 Å². The second kappa shape index (κ2) is 11.2. The first-order valence-corrected chi connectivity index (χ1v) is 13.2. The van der Waals surface area contributed by atoms with Gasteiger partial charge in [-0.2, -0.15) is 0 Å². The van der Waals surface area contributed by atoms with Gasteiger partial charge in [-0.3, -0.25) is 0 Å². The van der Waals surface area contributed by atoms with Crippen LogP contribution in [0.1, 0.15) is 75.6 Å². The van der Waals surface area contributed by atoms with Gasteiger partial charge in [-0.25, -0.2) is 4.79 Å². The zero-order chi connectivity index (χ0) is 22.4. The fraction of sp³-hybridized carbons (Fsp3) is 0.800. The molecule has 31 heavy (non-hydrogen) atoms. The van der Waals surface area contributed by atoms with E-state index in [1.807, 2.05) is 25.2 Å². The average molecular weight is 451 g/mol. The molecule has 1 aromatic rings. The van der Waals surface area contributed by atoms with E-state index in [0.717, 1.165) is 64.8 Å². The van der Waals surface area contributed by atoms with Crippen LogP contribution in [0.2, 0.25) is 0 Å². The molecule has 1 saturated heterocycles. The van der Waals surface area contributed by atoms with Crippen molar-refractivity contribution in [3.05, 3.63) is 21.4 Å². The van der Waals surface area contributed by atoms with E-state index in [1.165, 1.54) is 10.4 Å². The number of ether oxygens (including phenoxy) is 2. The smallest absolute Gasteiger partial charge is 0.407 e. The molecule has 0 aromatic carbocycles. The second-order valence-corrected chi connectivity index (χ2v) is 10.7. The van der Waals surface area contributed by atoms with Crippen molar-refractivity contribution in [1.82, 2.24) is 10.2 Å². The number of alkyl carbamates (subject to hydrolysis) is 1. The number of nitrogens with zero attached hydrogens (tertiary/aromatic N) is 1. The minimum atomic E-state index is -0.255. The molecule has 4 rings (SSSR count). The fourth-order valence-electron chi connectivity index (χ4n) is 4.98. The molecule has 1 aliphatic carbocycles. The summed E-state index contributed by atoms with van der Waals surface area (Å²) in [6.45, 7) is 15.1. The summed E-state index contributed by atoms with van der Waals surface area (Å²) in [5.41, 5.74) is 1.47. The Labute approximate surface area is 192 Å². The molecular formula is C25H42N2O3S. The van der Waals surface area contributed by atoms with Gasteiger partial charge in [-0.1, -0.05) is 34.6 Å². The van der Waals surface area contributed by atoms with E-state index < -0.39 is 0 Å². The number of hydrogen-bond donors (Lipinski definition) is 1. The molecule has 1 N–H and O–H groups in total. The topological polar surface area (TPSA) is 50.8 Å². The number of carbonyl (C=O) groups is 1. The fourth-order valence-corrected chi connectivity index (χ4v) is 6.15. The molecule has 3 heterocycles. The van der Waals surface area contributed by atoms with E-state index in [-0.39, 0.29) is 11.7 Å². The standard InChI is InChI=1S/C23H36N2O3S.C2H6/c1-4-19-13-20-21(29-19)5-10-28-23(20)6-8-25(9-7-23)14-17-11-18(12-17)24-22(26)27-15-16(2)3;1-2/h13,16-18H,4-12,14-15H2,1-3H3,(H,24,26);1-2H3. The summed E-state index contributed by atoms with van der Waals surface area (Å²) in [6.07, 6.45) is 6.32. The monoisotopic (exact) mass is 450 g/mol. The van der Waals surface area contributed by atoms with Crippen LogP contribution in [-0.2, 0) is 27.9 Å². The number of hydrogen-bond acceptors (Lipinski definition) is 5. The van der Waals surface area contributed by atoms with Crippen LogP contribution in [0.25, 0.3) is 0 Å². The lowest BCUT2D eigenvalue weighted by atomic mass is 9.78. The normalized spacial score (nSPS) is 24.7. The number of carbonyl (C=O) groups excluding carboxylic acids is 1. The Morgan fingerprint density at radius 1 is 1.32 bits per heavy atom. The van der Waals surface area contributed by atoms with Gasteiger partial charge in [0.2, 0.25) is 0 Å². The van der Waals surface area contributed by atoms with Crippen LogP contribution in [0.3, 0.4) is 0 Å². The third kappa shape index (κ3) is 6.02. The molecule has 6 heteroatoms. The van der Waals surface area contributed by atoms with E-state index in [4.69, 9.17) is 9.47 Å². The van der Waals surface area contributed by atoms with Crippen LogP contribution >= 0.6 is 11.3 Å². The van der Waals surface area contributed by atoms with Gasteiger partial charge in [0.15, 0.2) is 0 Å². The highest BCUT2D eigenvalue weighted by Crippen LogP contribution is 2.45. The zero-order valence-corrected chi connectivity index (χ0v) is 21.0. The highest BCUT2D eigenvalue weighted by molar-refractivity contribution is 7.12. The summed E-state index contributed by atoms with van der Waals surface area (Å²) in [6, 6.07) is 2.72. The first-order chi connectivity index (χ1) is 15.0. The molecule has 176 valence electrons. The number of likely N-dealkylation sites (tertiary alicyclic amines) is 1. The van der Waals surface area contributed by atoms with E-state index in [1.54, 1.807) is 4.88 Å². The van der Waals surface area contributed by atoms with Crippen molar-refractivity contribution in [2.45, 2.75) is 84.8 Å². The molecule has 0 unspecified atom stereocenters. The van der Waals surface area contributed by atoms with Crippen molar-refractivity contribution < 1.29 is 14.3 Å². The maximum absolute atomic E-state index is 11.8. The molecule has 2 aliphatic heterocycles. The maximum atomic E-state index is 11.8. The van der Waals surface area contributed by atoms with Crippen molar-refractivity contribution in [3.63, 3.8) is 0 Å². The van der Waals surface area contributed by atoms with E-state index >= 15 is 0 Å². The highest BCUT2D eigenvalue weighted by atomic mass is 32.1. The van der Waals surface area contributed by atoms with Gasteiger partial charge in [-0.15, -0.1) is 11.3 Å². The molecule has 1 amide bonds. The second-order valence-electron chi connectivity index (χ2n) is 9.47. The number of rotatable bonds is 6. The Morgan fingerprint density at radius 2 is 2.03 bits per heavy atom. The molecular weight excluding hydrogens is 408 g/mol. The molecule has 0 radical (unpaired) electrons. The number of nitrogens with one attached hydrogen (secondary N) is 1. The molecule has 0 atom stereocenters. The van der Waals surface area contributed by atoms with E-state index in [9.17, 15) is 4.79 Å². The van der Waals surface area contributed by atoms with Gasteiger partial charge < -0.3 is 19.7 Å². The Hall–Kier alpha value is -1.11. The average Bonchev–Trinajstić information content (AvgIpc) is 3.19. The van der Waals surface area contributed by atoms with E-state index in [0.29, 0.717) is 24.5 Å². The van der Waals surface area contributed by atoms with Crippen LogP contribution in [-0.4, -0.2) is 49.9 Å². The number of amides is 1. The Balaban J connectivity index is 0.00000132. The lowest BCUT2D eigenvalue weighted by Crippen LogP contribution is -2.51. The molecule has 1 spiro atoms. The summed E-state index contributed by atoms with van der Waals surface area (Å²) in [5, 5.41) is 3.01. The predicted octanol–water partition coefficient (Wildman–Crippen LogP) is 5.36. The van der Waals surface area contributed by atoms with Crippen LogP contribution in [0, 0.1) is 11.8 Å². The van der Waals surface area contributed by atoms with Crippen molar-refractivity contribution in [1.29, 1.82) is 0 Å². The minimum absolute atomic E-state index is 0.0299. The third-order valence-electron chi connectivity index (χ3n) is 6.69. The quantitative estimate of drug-likeness (QED) is 0.634. The summed E-state index contributed by atoms with van der Waals surface area (Å²) < 4.78 is 11.6. The largest absolute Gasteiger partial charge is 0.449 e. The summed E-state index contributed by atoms with van der Waals surface area (Å²) in [4.78, 5) is 17.5. The Kier molecular flexibility index (Phi) is 8.82. The molecule has 0 bridgehead atoms. The summed E-state index contributed by atoms with van der Waals surface area (Å²) in [5.74, 6) is 1.07. The SMILES string of the molecule is CC.CCc1cc2c(s1)CCOC21CCN(CC2CC(NC(=O)OCC(C)C)C2)CC1. The first kappa shape index (κ1) is 24.5. The van der Waals surface area contributed by atoms with Gasteiger partial charge >= 0.3 is 6.09 Å². The van der Waals surface area contributed by atoms with Gasteiger partial charge in [0.1, 0.15) is 0 Å². The molecule has 2 fully saturated rings. The minimum Gasteiger partial charge on any atom is -0.449 e. The molecule has 1 saturated carbocycles. The number of piperidine rings is 1. The predicted molar refractivity (Wildman–Crippen MR) is 128 cm³/mol. The van der Waals surface area contributed by atoms with Gasteiger partial charge in [0, 0.05) is 41.9 Å². The van der Waals surface area contributed by atoms with Gasteiger partial charge in [0.05, 0.1) is 18.8 Å². The van der Waals surface area contributed by atoms with Crippen LogP contribution in [0.4, 0.5) is 4.79 Å². The number of aryl methyl sites for hydroxylation is 1. The van der Waals surface area contributed by atoms with Crippen LogP contribution in [0.15, 0.2) is 6.07 Å². The first-order valence-electron chi connectivity index (χ1n) is 12.4. The molecule has 1 aromatic heterocycles. The van der Waals surface area contributed by atoms with Gasteiger partial charge in [0.25, 0.3) is 0 Å². The lowest BCUT2D eigenvalue weighted by Gasteiger charge is -2.46. The van der Waals surface area contributed by atoms with E-state index in [2.05, 4.69) is 37.1 Å². The summed E-state index contributed by atoms with van der Waals surface area (Å²) >= 11 is 2.00. The van der Waals surface area contributed by atoms with Crippen molar-refractivity contribution in [3.8, 4) is 0 Å². The molecule has 3 aliphatic rings. The van der Waals surface area contributed by atoms with Crippen molar-refractivity contribution in [2.75, 3.05) is 32.8 Å². The van der Waals surface area contributed by atoms with Crippen LogP contribution < -0.4 is 5.32 Å². The zero-order valence-electron chi connectivity index (χ0n) is 20.2. The third-order valence-corrected chi connectivity index (χ3v) is 8.03. The number of thiophene rings is 1. The van der Waals surface area contributed by atoms with Crippen molar-refractivity contribution >= 4 is 17.4 Å².